The van der Waals surface area contributed by atoms with Gasteiger partial charge in [0.2, 0.25) is 5.91 Å². The molecule has 1 unspecified atom stereocenters. The molecule has 2 N–H and O–H groups in total. The van der Waals surface area contributed by atoms with Crippen molar-refractivity contribution in [1.29, 1.82) is 0 Å². The summed E-state index contributed by atoms with van der Waals surface area (Å²) in [4.78, 5) is 47.2. The number of hydrogen-bond acceptors (Lipinski definition) is 6. The Morgan fingerprint density at radius 3 is 2.86 bits per heavy atom. The first-order chi connectivity index (χ1) is 10.6. The van der Waals surface area contributed by atoms with Gasteiger partial charge < -0.3 is 10.2 Å². The van der Waals surface area contributed by atoms with Gasteiger partial charge in [-0.05, 0) is 17.8 Å². The van der Waals surface area contributed by atoms with Crippen molar-refractivity contribution >= 4 is 23.4 Å². The molecule has 2 heterocycles. The van der Waals surface area contributed by atoms with Gasteiger partial charge in [-0.15, -0.1) is 0 Å². The van der Waals surface area contributed by atoms with Crippen molar-refractivity contribution in [2.24, 2.45) is 0 Å². The fraction of sp³-hybridized carbons (Fsp3) is 0.214. The van der Waals surface area contributed by atoms with Crippen LogP contribution in [0.4, 0.5) is 5.69 Å². The van der Waals surface area contributed by atoms with E-state index in [1.807, 2.05) is 0 Å². The Kier molecular flexibility index (Phi) is 3.61. The normalized spacial score (nSPS) is 19.9. The molecule has 0 aromatic heterocycles. The predicted molar refractivity (Wildman–Crippen MR) is 74.1 cm³/mol. The van der Waals surface area contributed by atoms with Crippen LogP contribution in [-0.2, 0) is 14.5 Å². The van der Waals surface area contributed by atoms with Gasteiger partial charge in [-0.3, -0.25) is 14.4 Å². The zero-order chi connectivity index (χ0) is 15.7. The standard InChI is InChI=1S/C14H13N3O5/c1-2-10(18)15-9-5-3-4-8-12(9)14(20)17(13(8)19)11-6-7-21-16-22-11/h3-7,11,16H,2H2,1H3,(H,15,18). The quantitative estimate of drug-likeness (QED) is 0.807. The summed E-state index contributed by atoms with van der Waals surface area (Å²) in [6.45, 7) is 1.70. The second-order valence-electron chi connectivity index (χ2n) is 4.65. The molecule has 2 aliphatic rings. The van der Waals surface area contributed by atoms with Crippen molar-refractivity contribution in [3.63, 3.8) is 0 Å². The van der Waals surface area contributed by atoms with E-state index in [-0.39, 0.29) is 23.5 Å². The van der Waals surface area contributed by atoms with E-state index in [0.717, 1.165) is 4.90 Å². The third-order valence-corrected chi connectivity index (χ3v) is 3.32. The molecule has 8 nitrogen and oxygen atoms in total. The maximum atomic E-state index is 12.6. The number of nitrogens with zero attached hydrogens (tertiary/aromatic N) is 1. The summed E-state index contributed by atoms with van der Waals surface area (Å²) in [6.07, 6.45) is 2.04. The molecule has 0 spiro atoms. The number of rotatable bonds is 3. The molecule has 0 aliphatic carbocycles. The average Bonchev–Trinajstić information content (AvgIpc) is 2.80. The summed E-state index contributed by atoms with van der Waals surface area (Å²) < 4.78 is 0. The van der Waals surface area contributed by atoms with E-state index in [0.29, 0.717) is 5.69 Å². The van der Waals surface area contributed by atoms with Gasteiger partial charge in [0, 0.05) is 12.5 Å². The zero-order valence-electron chi connectivity index (χ0n) is 11.7. The summed E-state index contributed by atoms with van der Waals surface area (Å²) in [7, 11) is 0. The maximum absolute atomic E-state index is 12.6. The van der Waals surface area contributed by atoms with Crippen LogP contribution < -0.4 is 11.0 Å². The monoisotopic (exact) mass is 303 g/mol. The number of carbonyl (C=O) groups excluding carboxylic acids is 3. The molecule has 8 heteroatoms. The third-order valence-electron chi connectivity index (χ3n) is 3.32. The Bertz CT molecular complexity index is 685. The van der Waals surface area contributed by atoms with Gasteiger partial charge in [-0.25, -0.2) is 9.74 Å². The lowest BCUT2D eigenvalue weighted by Crippen LogP contribution is -2.44. The van der Waals surface area contributed by atoms with Crippen molar-refractivity contribution in [3.05, 3.63) is 41.7 Å². The van der Waals surface area contributed by atoms with Crippen molar-refractivity contribution in [2.75, 3.05) is 5.32 Å². The van der Waals surface area contributed by atoms with Crippen molar-refractivity contribution in [1.82, 2.24) is 10.5 Å². The molecule has 0 bridgehead atoms. The average molecular weight is 303 g/mol. The van der Waals surface area contributed by atoms with Crippen LogP contribution in [0.25, 0.3) is 0 Å². The highest BCUT2D eigenvalue weighted by molar-refractivity contribution is 6.24. The first-order valence-electron chi connectivity index (χ1n) is 6.67. The van der Waals surface area contributed by atoms with E-state index in [4.69, 9.17) is 4.84 Å². The van der Waals surface area contributed by atoms with E-state index in [9.17, 15) is 14.4 Å². The van der Waals surface area contributed by atoms with Gasteiger partial charge >= 0.3 is 0 Å². The first kappa shape index (κ1) is 14.2. The molecule has 114 valence electrons. The number of fused-ring (bicyclic) bond motifs is 1. The van der Waals surface area contributed by atoms with Gasteiger partial charge in [0.05, 0.1) is 16.8 Å². The minimum atomic E-state index is -0.920. The van der Waals surface area contributed by atoms with Crippen LogP contribution in [0.15, 0.2) is 30.5 Å². The molecular weight excluding hydrogens is 290 g/mol. The van der Waals surface area contributed by atoms with Crippen molar-refractivity contribution in [2.45, 2.75) is 19.6 Å². The minimum absolute atomic E-state index is 0.165. The largest absolute Gasteiger partial charge is 0.391 e. The summed E-state index contributed by atoms with van der Waals surface area (Å²) in [5, 5.41) is 2.63. The Hall–Kier alpha value is -2.71. The van der Waals surface area contributed by atoms with Crippen LogP contribution >= 0.6 is 0 Å². The fourth-order valence-corrected chi connectivity index (χ4v) is 2.27. The molecule has 1 aromatic carbocycles. The number of benzene rings is 1. The molecule has 0 radical (unpaired) electrons. The summed E-state index contributed by atoms with van der Waals surface area (Å²) in [5.41, 5.74) is 2.84. The third kappa shape index (κ3) is 2.24. The summed E-state index contributed by atoms with van der Waals surface area (Å²) in [5.74, 6) is -1.27. The lowest BCUT2D eigenvalue weighted by Gasteiger charge is -2.24. The highest BCUT2D eigenvalue weighted by atomic mass is 16.9. The highest BCUT2D eigenvalue weighted by Crippen LogP contribution is 2.31. The van der Waals surface area contributed by atoms with E-state index < -0.39 is 18.0 Å². The van der Waals surface area contributed by atoms with Gasteiger partial charge in [0.15, 0.2) is 6.23 Å². The number of amides is 3. The topological polar surface area (TPSA) is 97.0 Å². The second-order valence-corrected chi connectivity index (χ2v) is 4.65. The number of nitrogens with one attached hydrogen (secondary N) is 2. The minimum Gasteiger partial charge on any atom is -0.391 e. The molecule has 0 fully saturated rings. The van der Waals surface area contributed by atoms with Crippen LogP contribution in [0, 0.1) is 0 Å². The first-order valence-corrected chi connectivity index (χ1v) is 6.67. The molecule has 1 aromatic rings. The molecule has 2 aliphatic heterocycles. The Morgan fingerprint density at radius 1 is 1.36 bits per heavy atom. The van der Waals surface area contributed by atoms with Crippen LogP contribution in [0.1, 0.15) is 34.1 Å². The van der Waals surface area contributed by atoms with Gasteiger partial charge in [0.25, 0.3) is 11.8 Å². The van der Waals surface area contributed by atoms with Gasteiger partial charge in [-0.2, -0.15) is 0 Å². The molecule has 0 saturated carbocycles. The van der Waals surface area contributed by atoms with Crippen molar-refractivity contribution < 1.29 is 24.1 Å². The molecule has 0 saturated heterocycles. The molecule has 22 heavy (non-hydrogen) atoms. The van der Waals surface area contributed by atoms with E-state index in [2.05, 4.69) is 15.8 Å². The predicted octanol–water partition coefficient (Wildman–Crippen LogP) is 0.937. The number of hydrogen-bond donors (Lipinski definition) is 2. The summed E-state index contributed by atoms with van der Waals surface area (Å²) >= 11 is 0. The molecular formula is C14H13N3O5. The highest BCUT2D eigenvalue weighted by Gasteiger charge is 2.42. The van der Waals surface area contributed by atoms with Crippen LogP contribution in [0.5, 0.6) is 0 Å². The van der Waals surface area contributed by atoms with E-state index in [1.165, 1.54) is 18.4 Å². The lowest BCUT2D eigenvalue weighted by molar-refractivity contribution is -0.193. The smallest absolute Gasteiger partial charge is 0.266 e. The maximum Gasteiger partial charge on any atom is 0.266 e. The Labute approximate surface area is 125 Å². The number of imide groups is 1. The van der Waals surface area contributed by atoms with Gasteiger partial charge in [-0.1, -0.05) is 13.0 Å². The van der Waals surface area contributed by atoms with E-state index in [1.54, 1.807) is 19.1 Å². The summed E-state index contributed by atoms with van der Waals surface area (Å²) in [6, 6.07) is 4.73. The fourth-order valence-electron chi connectivity index (χ4n) is 2.27. The number of carbonyl (C=O) groups is 3. The molecule has 3 rings (SSSR count). The number of anilines is 1. The van der Waals surface area contributed by atoms with E-state index >= 15 is 0 Å². The second kappa shape index (κ2) is 5.58. The molecule has 3 amide bonds. The van der Waals surface area contributed by atoms with Crippen LogP contribution in [0.2, 0.25) is 0 Å². The molecule has 1 atom stereocenters. The van der Waals surface area contributed by atoms with Gasteiger partial charge in [0.1, 0.15) is 6.26 Å². The lowest BCUT2D eigenvalue weighted by atomic mass is 10.1. The van der Waals surface area contributed by atoms with Crippen LogP contribution in [-0.4, -0.2) is 28.8 Å². The van der Waals surface area contributed by atoms with Crippen molar-refractivity contribution in [3.8, 4) is 0 Å². The zero-order valence-corrected chi connectivity index (χ0v) is 11.7. The Balaban J connectivity index is 1.98. The SMILES string of the molecule is CCC(=O)Nc1cccc2c1C(=O)N(C1C=CONO1)C2=O. The Morgan fingerprint density at radius 2 is 2.18 bits per heavy atom. The van der Waals surface area contributed by atoms with Crippen LogP contribution in [0.3, 0.4) is 0 Å².